The van der Waals surface area contributed by atoms with E-state index in [1.807, 2.05) is 0 Å². The van der Waals surface area contributed by atoms with E-state index in [0.29, 0.717) is 11.0 Å². The van der Waals surface area contributed by atoms with Crippen LogP contribution < -0.4 is 5.73 Å². The van der Waals surface area contributed by atoms with Gasteiger partial charge in [0.1, 0.15) is 0 Å². The predicted molar refractivity (Wildman–Crippen MR) is 81.1 cm³/mol. The molecule has 1 saturated heterocycles. The molecule has 2 saturated carbocycles. The number of nitrogens with two attached hydrogens (primary N) is 1. The average molecular weight is 264 g/mol. The van der Waals surface area contributed by atoms with Crippen molar-refractivity contribution in [3.63, 3.8) is 0 Å². The summed E-state index contributed by atoms with van der Waals surface area (Å²) in [5, 5.41) is 0. The first kappa shape index (κ1) is 13.9. The number of rotatable bonds is 2. The SMILES string of the molecule is CC1(C)CCCC(CN)(N2CCCC3CCCC32)C1. The van der Waals surface area contributed by atoms with Gasteiger partial charge in [0.2, 0.25) is 0 Å². The van der Waals surface area contributed by atoms with Crippen LogP contribution >= 0.6 is 0 Å². The van der Waals surface area contributed by atoms with Gasteiger partial charge >= 0.3 is 0 Å². The topological polar surface area (TPSA) is 29.3 Å². The van der Waals surface area contributed by atoms with Gasteiger partial charge in [0.05, 0.1) is 0 Å². The van der Waals surface area contributed by atoms with Gasteiger partial charge in [0.25, 0.3) is 0 Å². The lowest BCUT2D eigenvalue weighted by Gasteiger charge is -2.55. The van der Waals surface area contributed by atoms with Crippen LogP contribution in [0.3, 0.4) is 0 Å². The van der Waals surface area contributed by atoms with Gasteiger partial charge in [-0.15, -0.1) is 0 Å². The van der Waals surface area contributed by atoms with Crippen molar-refractivity contribution in [1.29, 1.82) is 0 Å². The molecule has 110 valence electrons. The fourth-order valence-corrected chi connectivity index (χ4v) is 5.54. The standard InChI is InChI=1S/C17H32N2/c1-16(2)9-5-10-17(12-16,13-18)19-11-4-7-14-6-3-8-15(14)19/h14-15H,3-13,18H2,1-2H3. The second kappa shape index (κ2) is 5.04. The Morgan fingerprint density at radius 1 is 1.05 bits per heavy atom. The molecule has 19 heavy (non-hydrogen) atoms. The van der Waals surface area contributed by atoms with Crippen LogP contribution in [0.25, 0.3) is 0 Å². The van der Waals surface area contributed by atoms with Crippen LogP contribution in [0.1, 0.15) is 71.6 Å². The van der Waals surface area contributed by atoms with Crippen molar-refractivity contribution in [2.75, 3.05) is 13.1 Å². The smallest absolute Gasteiger partial charge is 0.0339 e. The zero-order valence-corrected chi connectivity index (χ0v) is 13.0. The van der Waals surface area contributed by atoms with E-state index in [2.05, 4.69) is 18.7 Å². The minimum absolute atomic E-state index is 0.329. The summed E-state index contributed by atoms with van der Waals surface area (Å²) in [5.74, 6) is 0.988. The first-order valence-electron chi connectivity index (χ1n) is 8.53. The third kappa shape index (κ3) is 2.47. The van der Waals surface area contributed by atoms with Crippen molar-refractivity contribution in [3.05, 3.63) is 0 Å². The Morgan fingerprint density at radius 2 is 1.84 bits per heavy atom. The molecule has 3 aliphatic rings. The van der Waals surface area contributed by atoms with Gasteiger partial charge in [-0.1, -0.05) is 26.7 Å². The maximum Gasteiger partial charge on any atom is 0.0339 e. The van der Waals surface area contributed by atoms with E-state index in [1.54, 1.807) is 0 Å². The summed E-state index contributed by atoms with van der Waals surface area (Å²) in [7, 11) is 0. The van der Waals surface area contributed by atoms with E-state index < -0.39 is 0 Å². The van der Waals surface area contributed by atoms with Crippen LogP contribution in [-0.4, -0.2) is 29.6 Å². The van der Waals surface area contributed by atoms with E-state index in [9.17, 15) is 0 Å². The van der Waals surface area contributed by atoms with Crippen LogP contribution in [0.2, 0.25) is 0 Å². The highest BCUT2D eigenvalue weighted by Crippen LogP contribution is 2.48. The number of fused-ring (bicyclic) bond motifs is 1. The van der Waals surface area contributed by atoms with Crippen molar-refractivity contribution >= 4 is 0 Å². The Morgan fingerprint density at radius 3 is 2.58 bits per heavy atom. The molecule has 3 atom stereocenters. The molecule has 1 heterocycles. The fraction of sp³-hybridized carbons (Fsp3) is 1.00. The van der Waals surface area contributed by atoms with Gasteiger partial charge in [-0.05, 0) is 62.8 Å². The van der Waals surface area contributed by atoms with Crippen molar-refractivity contribution in [2.24, 2.45) is 17.1 Å². The maximum absolute atomic E-state index is 6.33. The first-order chi connectivity index (χ1) is 9.06. The lowest BCUT2D eigenvalue weighted by Crippen LogP contribution is -2.62. The fourth-order valence-electron chi connectivity index (χ4n) is 5.54. The van der Waals surface area contributed by atoms with Crippen LogP contribution in [-0.2, 0) is 0 Å². The predicted octanol–water partition coefficient (Wildman–Crippen LogP) is 3.55. The molecule has 0 aromatic heterocycles. The number of hydrogen-bond donors (Lipinski definition) is 1. The van der Waals surface area contributed by atoms with Crippen LogP contribution in [0.4, 0.5) is 0 Å². The molecule has 0 amide bonds. The minimum Gasteiger partial charge on any atom is -0.329 e. The lowest BCUT2D eigenvalue weighted by molar-refractivity contribution is -0.0457. The summed E-state index contributed by atoms with van der Waals surface area (Å²) in [6, 6.07) is 0.867. The number of nitrogens with zero attached hydrogens (tertiary/aromatic N) is 1. The van der Waals surface area contributed by atoms with Gasteiger partial charge in [0, 0.05) is 18.1 Å². The Kier molecular flexibility index (Phi) is 3.68. The second-order valence-corrected chi connectivity index (χ2v) is 8.22. The molecule has 0 aromatic rings. The molecule has 3 unspecified atom stereocenters. The van der Waals surface area contributed by atoms with Gasteiger partial charge in [-0.2, -0.15) is 0 Å². The monoisotopic (exact) mass is 264 g/mol. The summed E-state index contributed by atoms with van der Waals surface area (Å²) in [6.07, 6.45) is 12.7. The van der Waals surface area contributed by atoms with Gasteiger partial charge < -0.3 is 5.73 Å². The van der Waals surface area contributed by atoms with Crippen LogP contribution in [0.15, 0.2) is 0 Å². The third-order valence-electron chi connectivity index (χ3n) is 6.29. The summed E-state index contributed by atoms with van der Waals surface area (Å²) in [5.41, 5.74) is 7.15. The van der Waals surface area contributed by atoms with E-state index >= 15 is 0 Å². The lowest BCUT2D eigenvalue weighted by atomic mass is 9.66. The highest BCUT2D eigenvalue weighted by atomic mass is 15.3. The van der Waals surface area contributed by atoms with Gasteiger partial charge in [0.15, 0.2) is 0 Å². The maximum atomic E-state index is 6.33. The summed E-state index contributed by atoms with van der Waals surface area (Å²) in [6.45, 7) is 7.09. The summed E-state index contributed by atoms with van der Waals surface area (Å²) < 4.78 is 0. The number of hydrogen-bond acceptors (Lipinski definition) is 2. The highest BCUT2D eigenvalue weighted by molar-refractivity contribution is 5.04. The molecule has 2 heteroatoms. The van der Waals surface area contributed by atoms with Crippen LogP contribution in [0.5, 0.6) is 0 Å². The van der Waals surface area contributed by atoms with Gasteiger partial charge in [-0.25, -0.2) is 0 Å². The van der Waals surface area contributed by atoms with E-state index in [0.717, 1.165) is 18.5 Å². The molecule has 0 bridgehead atoms. The normalized spacial score (nSPS) is 43.1. The summed E-state index contributed by atoms with van der Waals surface area (Å²) in [4.78, 5) is 2.90. The summed E-state index contributed by atoms with van der Waals surface area (Å²) >= 11 is 0. The Bertz CT molecular complexity index is 325. The van der Waals surface area contributed by atoms with E-state index in [1.165, 1.54) is 64.3 Å². The van der Waals surface area contributed by atoms with E-state index in [4.69, 9.17) is 5.73 Å². The molecule has 3 rings (SSSR count). The molecule has 2 N–H and O–H groups in total. The molecular formula is C17H32N2. The Labute approximate surface area is 119 Å². The van der Waals surface area contributed by atoms with Crippen molar-refractivity contribution in [2.45, 2.75) is 83.2 Å². The molecule has 0 aromatic carbocycles. The first-order valence-corrected chi connectivity index (χ1v) is 8.53. The third-order valence-corrected chi connectivity index (χ3v) is 6.29. The Hall–Kier alpha value is -0.0800. The second-order valence-electron chi connectivity index (χ2n) is 8.22. The highest BCUT2D eigenvalue weighted by Gasteiger charge is 2.48. The molecule has 0 radical (unpaired) electrons. The van der Waals surface area contributed by atoms with Crippen molar-refractivity contribution < 1.29 is 0 Å². The molecular weight excluding hydrogens is 232 g/mol. The molecule has 3 fully saturated rings. The zero-order chi connectivity index (χ0) is 13.5. The van der Waals surface area contributed by atoms with Crippen LogP contribution in [0, 0.1) is 11.3 Å². The van der Waals surface area contributed by atoms with Gasteiger partial charge in [-0.3, -0.25) is 4.90 Å². The molecule has 0 spiro atoms. The van der Waals surface area contributed by atoms with E-state index in [-0.39, 0.29) is 0 Å². The Balaban J connectivity index is 1.84. The number of piperidine rings is 1. The van der Waals surface area contributed by atoms with Crippen molar-refractivity contribution in [1.82, 2.24) is 4.90 Å². The minimum atomic E-state index is 0.329. The zero-order valence-electron chi connectivity index (χ0n) is 13.0. The quantitative estimate of drug-likeness (QED) is 0.826. The average Bonchev–Trinajstić information content (AvgIpc) is 2.85. The molecule has 1 aliphatic heterocycles. The van der Waals surface area contributed by atoms with Crippen molar-refractivity contribution in [3.8, 4) is 0 Å². The molecule has 2 nitrogen and oxygen atoms in total. The molecule has 2 aliphatic carbocycles. The number of likely N-dealkylation sites (tertiary alicyclic amines) is 1. The largest absolute Gasteiger partial charge is 0.329 e.